The van der Waals surface area contributed by atoms with Crippen molar-refractivity contribution in [2.75, 3.05) is 6.61 Å². The molecule has 150 valence electrons. The Morgan fingerprint density at radius 3 is 2.48 bits per heavy atom. The zero-order valence-electron chi connectivity index (χ0n) is 16.0. The zero-order valence-corrected chi connectivity index (χ0v) is 16.0. The average Bonchev–Trinajstić information content (AvgIpc) is 3.20. The summed E-state index contributed by atoms with van der Waals surface area (Å²) in [7, 11) is 0. The first-order valence-corrected chi connectivity index (χ1v) is 8.99. The van der Waals surface area contributed by atoms with Gasteiger partial charge in [0.25, 0.3) is 11.6 Å². The number of carbonyl (C=O) groups is 1. The summed E-state index contributed by atoms with van der Waals surface area (Å²) >= 11 is 0. The Hall–Kier alpha value is -3.75. The number of benzene rings is 2. The number of nitro benzene ring substituents is 1. The SMILES string of the molecule is CC(C)N(Cc1nc(-c2ccccc2)no1)C(=O)COc1ccc([N+](=O)[O-])cc1. The molecular formula is C20H20N4O5. The van der Waals surface area contributed by atoms with Crippen LogP contribution in [0.4, 0.5) is 5.69 Å². The Kier molecular flexibility index (Phi) is 6.18. The molecule has 9 nitrogen and oxygen atoms in total. The van der Waals surface area contributed by atoms with Gasteiger partial charge in [-0.15, -0.1) is 0 Å². The Bertz CT molecular complexity index is 970. The molecule has 29 heavy (non-hydrogen) atoms. The molecule has 1 aromatic heterocycles. The highest BCUT2D eigenvalue weighted by Gasteiger charge is 2.21. The minimum atomic E-state index is -0.496. The Labute approximate surface area is 167 Å². The standard InChI is InChI=1S/C20H20N4O5/c1-14(2)23(12-18-21-20(22-29-18)15-6-4-3-5-7-15)19(25)13-28-17-10-8-16(9-11-17)24(26)27/h3-11,14H,12-13H2,1-2H3. The van der Waals surface area contributed by atoms with E-state index in [1.165, 1.54) is 24.3 Å². The van der Waals surface area contributed by atoms with Gasteiger partial charge in [-0.1, -0.05) is 35.5 Å². The van der Waals surface area contributed by atoms with Crippen molar-refractivity contribution in [1.29, 1.82) is 0 Å². The largest absolute Gasteiger partial charge is 0.484 e. The van der Waals surface area contributed by atoms with Crippen molar-refractivity contribution in [1.82, 2.24) is 15.0 Å². The molecule has 0 aliphatic carbocycles. The molecule has 0 bridgehead atoms. The maximum absolute atomic E-state index is 12.6. The third-order valence-electron chi connectivity index (χ3n) is 4.16. The molecule has 0 N–H and O–H groups in total. The van der Waals surface area contributed by atoms with Crippen LogP contribution < -0.4 is 4.74 Å². The van der Waals surface area contributed by atoms with Crippen LogP contribution >= 0.6 is 0 Å². The summed E-state index contributed by atoms with van der Waals surface area (Å²) in [4.78, 5) is 28.7. The van der Waals surface area contributed by atoms with Crippen molar-refractivity contribution in [2.24, 2.45) is 0 Å². The van der Waals surface area contributed by atoms with Gasteiger partial charge in [-0.25, -0.2) is 0 Å². The van der Waals surface area contributed by atoms with E-state index in [1.807, 2.05) is 44.2 Å². The Morgan fingerprint density at radius 1 is 1.17 bits per heavy atom. The molecule has 0 radical (unpaired) electrons. The lowest BCUT2D eigenvalue weighted by molar-refractivity contribution is -0.384. The van der Waals surface area contributed by atoms with Gasteiger partial charge in [-0.3, -0.25) is 14.9 Å². The molecule has 2 aromatic carbocycles. The lowest BCUT2D eigenvalue weighted by atomic mass is 10.2. The predicted molar refractivity (Wildman–Crippen MR) is 104 cm³/mol. The first-order chi connectivity index (χ1) is 13.9. The molecule has 3 rings (SSSR count). The second kappa shape index (κ2) is 8.96. The van der Waals surface area contributed by atoms with Gasteiger partial charge in [0.05, 0.1) is 4.92 Å². The van der Waals surface area contributed by atoms with E-state index in [-0.39, 0.29) is 30.8 Å². The number of hydrogen-bond acceptors (Lipinski definition) is 7. The number of ether oxygens (including phenoxy) is 1. The number of aromatic nitrogens is 2. The second-order valence-corrected chi connectivity index (χ2v) is 6.53. The highest BCUT2D eigenvalue weighted by molar-refractivity contribution is 5.78. The van der Waals surface area contributed by atoms with Crippen molar-refractivity contribution in [3.63, 3.8) is 0 Å². The fourth-order valence-corrected chi connectivity index (χ4v) is 2.62. The van der Waals surface area contributed by atoms with Gasteiger partial charge in [0, 0.05) is 23.7 Å². The van der Waals surface area contributed by atoms with Gasteiger partial charge in [0.15, 0.2) is 6.61 Å². The molecule has 0 aliphatic rings. The fraction of sp³-hybridized carbons (Fsp3) is 0.250. The van der Waals surface area contributed by atoms with E-state index in [1.54, 1.807) is 4.90 Å². The minimum absolute atomic E-state index is 0.0434. The van der Waals surface area contributed by atoms with E-state index >= 15 is 0 Å². The van der Waals surface area contributed by atoms with Crippen LogP contribution in [0.25, 0.3) is 11.4 Å². The number of carbonyl (C=O) groups excluding carboxylic acids is 1. The summed E-state index contributed by atoms with van der Waals surface area (Å²) in [6, 6.07) is 14.8. The van der Waals surface area contributed by atoms with Crippen molar-refractivity contribution < 1.29 is 19.0 Å². The molecule has 9 heteroatoms. The molecule has 3 aromatic rings. The van der Waals surface area contributed by atoms with E-state index in [0.717, 1.165) is 5.56 Å². The number of hydrogen-bond donors (Lipinski definition) is 0. The quantitative estimate of drug-likeness (QED) is 0.423. The Balaban J connectivity index is 1.62. The second-order valence-electron chi connectivity index (χ2n) is 6.53. The summed E-state index contributed by atoms with van der Waals surface area (Å²) in [6.07, 6.45) is 0. The molecule has 0 fully saturated rings. The molecule has 0 spiro atoms. The fourth-order valence-electron chi connectivity index (χ4n) is 2.62. The van der Waals surface area contributed by atoms with Gasteiger partial charge in [0.1, 0.15) is 12.3 Å². The maximum atomic E-state index is 12.6. The van der Waals surface area contributed by atoms with Gasteiger partial charge in [0.2, 0.25) is 11.7 Å². The molecule has 0 atom stereocenters. The van der Waals surface area contributed by atoms with Crippen LogP contribution in [0.2, 0.25) is 0 Å². The molecule has 1 heterocycles. The van der Waals surface area contributed by atoms with E-state index in [4.69, 9.17) is 9.26 Å². The third-order valence-corrected chi connectivity index (χ3v) is 4.16. The van der Waals surface area contributed by atoms with Crippen molar-refractivity contribution >= 4 is 11.6 Å². The van der Waals surface area contributed by atoms with Crippen LogP contribution in [-0.2, 0) is 11.3 Å². The van der Waals surface area contributed by atoms with E-state index in [9.17, 15) is 14.9 Å². The first-order valence-electron chi connectivity index (χ1n) is 8.99. The van der Waals surface area contributed by atoms with Crippen LogP contribution in [0.5, 0.6) is 5.75 Å². The van der Waals surface area contributed by atoms with Crippen molar-refractivity contribution in [2.45, 2.75) is 26.4 Å². The third kappa shape index (κ3) is 5.16. The zero-order chi connectivity index (χ0) is 20.8. The number of non-ortho nitro benzene ring substituents is 1. The smallest absolute Gasteiger partial charge is 0.269 e. The Morgan fingerprint density at radius 2 is 1.86 bits per heavy atom. The monoisotopic (exact) mass is 396 g/mol. The van der Waals surface area contributed by atoms with Crippen LogP contribution in [0, 0.1) is 10.1 Å². The lowest BCUT2D eigenvalue weighted by Gasteiger charge is -2.25. The average molecular weight is 396 g/mol. The number of amides is 1. The van der Waals surface area contributed by atoms with E-state index < -0.39 is 4.92 Å². The highest BCUT2D eigenvalue weighted by Crippen LogP contribution is 2.19. The minimum Gasteiger partial charge on any atom is -0.484 e. The van der Waals surface area contributed by atoms with Gasteiger partial charge >= 0.3 is 0 Å². The number of nitrogens with zero attached hydrogens (tertiary/aromatic N) is 4. The molecule has 0 unspecified atom stereocenters. The normalized spacial score (nSPS) is 10.7. The summed E-state index contributed by atoms with van der Waals surface area (Å²) in [6.45, 7) is 3.69. The predicted octanol–water partition coefficient (Wildman–Crippen LogP) is 3.46. The van der Waals surface area contributed by atoms with Gasteiger partial charge < -0.3 is 14.2 Å². The van der Waals surface area contributed by atoms with Crippen LogP contribution in [0.15, 0.2) is 59.1 Å². The summed E-state index contributed by atoms with van der Waals surface area (Å²) in [5.74, 6) is 0.884. The summed E-state index contributed by atoms with van der Waals surface area (Å²) in [5, 5.41) is 14.7. The highest BCUT2D eigenvalue weighted by atomic mass is 16.6. The van der Waals surface area contributed by atoms with E-state index in [2.05, 4.69) is 10.1 Å². The molecule has 0 aliphatic heterocycles. The topological polar surface area (TPSA) is 112 Å². The maximum Gasteiger partial charge on any atom is 0.269 e. The molecule has 0 saturated heterocycles. The first kappa shape index (κ1) is 20.0. The summed E-state index contributed by atoms with van der Waals surface area (Å²) in [5.41, 5.74) is 0.782. The van der Waals surface area contributed by atoms with E-state index in [0.29, 0.717) is 17.5 Å². The number of rotatable bonds is 8. The van der Waals surface area contributed by atoms with Gasteiger partial charge in [-0.2, -0.15) is 4.98 Å². The molecule has 0 saturated carbocycles. The number of nitro groups is 1. The molecular weight excluding hydrogens is 376 g/mol. The van der Waals surface area contributed by atoms with Crippen LogP contribution in [0.1, 0.15) is 19.7 Å². The molecule has 1 amide bonds. The van der Waals surface area contributed by atoms with Crippen molar-refractivity contribution in [3.8, 4) is 17.1 Å². The lowest BCUT2D eigenvalue weighted by Crippen LogP contribution is -2.39. The van der Waals surface area contributed by atoms with Crippen LogP contribution in [0.3, 0.4) is 0 Å². The van der Waals surface area contributed by atoms with Crippen LogP contribution in [-0.4, -0.2) is 38.5 Å². The summed E-state index contributed by atoms with van der Waals surface area (Å²) < 4.78 is 10.8. The van der Waals surface area contributed by atoms with Crippen molar-refractivity contribution in [3.05, 3.63) is 70.6 Å². The van der Waals surface area contributed by atoms with Gasteiger partial charge in [-0.05, 0) is 26.0 Å².